The minimum absolute atomic E-state index is 0.147. The maximum absolute atomic E-state index is 12.9. The molecule has 1 saturated heterocycles. The summed E-state index contributed by atoms with van der Waals surface area (Å²) in [6.45, 7) is 3.26. The van der Waals surface area contributed by atoms with Gasteiger partial charge in [-0.05, 0) is 73.3 Å². The second-order valence-electron chi connectivity index (χ2n) is 8.09. The molecule has 0 saturated carbocycles. The molecule has 0 radical (unpaired) electrons. The Morgan fingerprint density at radius 1 is 1.06 bits per heavy atom. The van der Waals surface area contributed by atoms with Gasteiger partial charge in [0.2, 0.25) is 0 Å². The number of fused-ring (bicyclic) bond motifs is 1. The molecule has 0 bridgehead atoms. The highest BCUT2D eigenvalue weighted by Gasteiger charge is 2.29. The fourth-order valence-electron chi connectivity index (χ4n) is 4.27. The van der Waals surface area contributed by atoms with Gasteiger partial charge in [0.05, 0.1) is 16.8 Å². The number of hydrogen-bond acceptors (Lipinski definition) is 5. The van der Waals surface area contributed by atoms with Crippen LogP contribution in [0.5, 0.6) is 0 Å². The summed E-state index contributed by atoms with van der Waals surface area (Å²) in [4.78, 5) is 26.9. The second kappa shape index (κ2) is 8.61. The van der Waals surface area contributed by atoms with E-state index in [-0.39, 0.29) is 11.5 Å². The van der Waals surface area contributed by atoms with E-state index in [2.05, 4.69) is 27.7 Å². The van der Waals surface area contributed by atoms with E-state index in [0.29, 0.717) is 22.5 Å². The first kappa shape index (κ1) is 20.5. The molecule has 7 heteroatoms. The molecule has 162 valence electrons. The predicted octanol–water partition coefficient (Wildman–Crippen LogP) is 4.97. The lowest BCUT2D eigenvalue weighted by molar-refractivity contribution is -0.110. The number of nitrogens with zero attached hydrogens (tertiary/aromatic N) is 1. The van der Waals surface area contributed by atoms with E-state index in [0.717, 1.165) is 30.9 Å². The van der Waals surface area contributed by atoms with Gasteiger partial charge >= 0.3 is 5.97 Å². The van der Waals surface area contributed by atoms with Crippen LogP contribution in [0.2, 0.25) is 0 Å². The van der Waals surface area contributed by atoms with Gasteiger partial charge in [-0.15, -0.1) is 0 Å². The maximum atomic E-state index is 12.9. The molecule has 3 heterocycles. The fraction of sp³-hybridized carbons (Fsp3) is 0.200. The van der Waals surface area contributed by atoms with Crippen LogP contribution < -0.4 is 10.6 Å². The molecule has 5 rings (SSSR count). The Hall–Kier alpha value is -3.42. The molecule has 1 aromatic heterocycles. The number of carbonyl (C=O) groups is 2. The van der Waals surface area contributed by atoms with Crippen LogP contribution in [0.25, 0.3) is 11.3 Å². The number of carboxylic acid groups (broad SMARTS) is 1. The topological polar surface area (TPSA) is 81.7 Å². The molecule has 0 atom stereocenters. The number of carboxylic acids is 1. The highest BCUT2D eigenvalue weighted by Crippen LogP contribution is 2.38. The Morgan fingerprint density at radius 2 is 1.84 bits per heavy atom. The largest absolute Gasteiger partial charge is 0.478 e. The van der Waals surface area contributed by atoms with Crippen LogP contribution in [0.4, 0.5) is 11.4 Å². The summed E-state index contributed by atoms with van der Waals surface area (Å²) in [5.74, 6) is -1.27. The first-order chi connectivity index (χ1) is 15.6. The van der Waals surface area contributed by atoms with Crippen molar-refractivity contribution in [3.8, 4) is 0 Å². The number of nitrogens with one attached hydrogen (secondary N) is 2. The third-order valence-corrected chi connectivity index (χ3v) is 6.58. The van der Waals surface area contributed by atoms with Gasteiger partial charge < -0.3 is 15.7 Å². The number of likely N-dealkylation sites (tertiary alicyclic amines) is 1. The van der Waals surface area contributed by atoms with Crippen molar-refractivity contribution in [2.24, 2.45) is 0 Å². The van der Waals surface area contributed by atoms with Crippen molar-refractivity contribution >= 4 is 45.9 Å². The number of anilines is 2. The average molecular weight is 446 g/mol. The number of benzene rings is 2. The zero-order valence-corrected chi connectivity index (χ0v) is 18.2. The molecule has 1 amide bonds. The van der Waals surface area contributed by atoms with Gasteiger partial charge in [-0.1, -0.05) is 12.1 Å². The number of amides is 1. The van der Waals surface area contributed by atoms with Crippen molar-refractivity contribution in [1.82, 2.24) is 4.90 Å². The zero-order chi connectivity index (χ0) is 22.1. The van der Waals surface area contributed by atoms with Gasteiger partial charge in [0, 0.05) is 34.4 Å². The molecule has 0 spiro atoms. The summed E-state index contributed by atoms with van der Waals surface area (Å²) in [5, 5.41) is 19.6. The molecule has 0 aliphatic carbocycles. The second-order valence-corrected chi connectivity index (χ2v) is 8.87. The number of carbonyl (C=O) groups excluding carboxylic acids is 1. The highest BCUT2D eigenvalue weighted by atomic mass is 32.1. The van der Waals surface area contributed by atoms with Crippen LogP contribution in [0.1, 0.15) is 39.9 Å². The molecule has 2 aromatic carbocycles. The van der Waals surface area contributed by atoms with Crippen LogP contribution in [0.15, 0.2) is 59.3 Å². The fourth-order valence-corrected chi connectivity index (χ4v) is 4.92. The quantitative estimate of drug-likeness (QED) is 0.467. The molecule has 2 aliphatic heterocycles. The Kier molecular flexibility index (Phi) is 5.51. The normalized spacial score (nSPS) is 17.2. The lowest BCUT2D eigenvalue weighted by atomic mass is 9.99. The molecule has 0 unspecified atom stereocenters. The number of thiophene rings is 1. The van der Waals surface area contributed by atoms with Crippen LogP contribution in [-0.4, -0.2) is 35.0 Å². The SMILES string of the molecule is O=C1Nc2ccc(C(=O)O)cc2/C1=C(/Nc1ccc(CN2CCCC2)cc1)c1ccsc1. The minimum Gasteiger partial charge on any atom is -0.478 e. The van der Waals surface area contributed by atoms with E-state index in [9.17, 15) is 14.7 Å². The van der Waals surface area contributed by atoms with Gasteiger partial charge in [0.1, 0.15) is 0 Å². The number of rotatable bonds is 6. The van der Waals surface area contributed by atoms with Crippen LogP contribution in [0.3, 0.4) is 0 Å². The lowest BCUT2D eigenvalue weighted by Crippen LogP contribution is -2.18. The minimum atomic E-state index is -1.02. The van der Waals surface area contributed by atoms with Crippen LogP contribution >= 0.6 is 11.3 Å². The molecule has 1 fully saturated rings. The van der Waals surface area contributed by atoms with E-state index in [1.807, 2.05) is 29.0 Å². The Morgan fingerprint density at radius 3 is 2.53 bits per heavy atom. The van der Waals surface area contributed by atoms with Crippen molar-refractivity contribution < 1.29 is 14.7 Å². The first-order valence-electron chi connectivity index (χ1n) is 10.6. The first-order valence-corrected chi connectivity index (χ1v) is 11.6. The van der Waals surface area contributed by atoms with Crippen LogP contribution in [-0.2, 0) is 11.3 Å². The van der Waals surface area contributed by atoms with E-state index in [1.165, 1.54) is 24.5 Å². The Bertz CT molecular complexity index is 1190. The average Bonchev–Trinajstić information content (AvgIpc) is 3.54. The molecular weight excluding hydrogens is 422 g/mol. The van der Waals surface area contributed by atoms with Crippen molar-refractivity contribution in [2.45, 2.75) is 19.4 Å². The summed E-state index contributed by atoms with van der Waals surface area (Å²) < 4.78 is 0. The maximum Gasteiger partial charge on any atom is 0.335 e. The Labute approximate surface area is 190 Å². The zero-order valence-electron chi connectivity index (χ0n) is 17.4. The summed E-state index contributed by atoms with van der Waals surface area (Å²) in [5.41, 5.74) is 5.49. The van der Waals surface area contributed by atoms with Gasteiger partial charge in [0.15, 0.2) is 0 Å². The van der Waals surface area contributed by atoms with Gasteiger partial charge in [-0.25, -0.2) is 4.79 Å². The smallest absolute Gasteiger partial charge is 0.335 e. The van der Waals surface area contributed by atoms with Crippen molar-refractivity contribution in [1.29, 1.82) is 0 Å². The van der Waals surface area contributed by atoms with Crippen LogP contribution in [0, 0.1) is 0 Å². The van der Waals surface area contributed by atoms with Crippen molar-refractivity contribution in [2.75, 3.05) is 23.7 Å². The lowest BCUT2D eigenvalue weighted by Gasteiger charge is -2.16. The third kappa shape index (κ3) is 4.04. The standard InChI is InChI=1S/C25H23N3O3S/c29-24-22(20-13-17(25(30)31)5-8-21(20)27-24)23(18-9-12-32-15-18)26-19-6-3-16(4-7-19)14-28-10-1-2-11-28/h3-9,12-13,15,26H,1-2,10-11,14H2,(H,27,29)(H,30,31)/b23-22-. The van der Waals surface area contributed by atoms with Crippen molar-refractivity contribution in [3.05, 3.63) is 81.5 Å². The predicted molar refractivity (Wildman–Crippen MR) is 128 cm³/mol. The summed E-state index contributed by atoms with van der Waals surface area (Å²) >= 11 is 1.54. The molecule has 6 nitrogen and oxygen atoms in total. The van der Waals surface area contributed by atoms with E-state index in [4.69, 9.17) is 0 Å². The summed E-state index contributed by atoms with van der Waals surface area (Å²) in [7, 11) is 0. The summed E-state index contributed by atoms with van der Waals surface area (Å²) in [6.07, 6.45) is 2.54. The molecular formula is C25H23N3O3S. The molecule has 32 heavy (non-hydrogen) atoms. The van der Waals surface area contributed by atoms with E-state index >= 15 is 0 Å². The molecule has 3 N–H and O–H groups in total. The van der Waals surface area contributed by atoms with Gasteiger partial charge in [-0.2, -0.15) is 11.3 Å². The van der Waals surface area contributed by atoms with E-state index < -0.39 is 5.97 Å². The Balaban J connectivity index is 1.51. The summed E-state index contributed by atoms with van der Waals surface area (Å²) in [6, 6.07) is 14.9. The number of hydrogen-bond donors (Lipinski definition) is 3. The molecule has 2 aliphatic rings. The molecule has 3 aromatic rings. The van der Waals surface area contributed by atoms with E-state index in [1.54, 1.807) is 23.5 Å². The number of aromatic carboxylic acids is 1. The van der Waals surface area contributed by atoms with Gasteiger partial charge in [-0.3, -0.25) is 9.69 Å². The third-order valence-electron chi connectivity index (χ3n) is 5.90. The van der Waals surface area contributed by atoms with Gasteiger partial charge in [0.25, 0.3) is 5.91 Å². The van der Waals surface area contributed by atoms with Crippen molar-refractivity contribution in [3.63, 3.8) is 0 Å². The highest BCUT2D eigenvalue weighted by molar-refractivity contribution is 7.08. The monoisotopic (exact) mass is 445 g/mol.